The maximum Gasteiger partial charge on any atom is 0.271 e. The highest BCUT2D eigenvalue weighted by atomic mass is 16.1. The molecule has 0 bridgehead atoms. The first-order chi connectivity index (χ1) is 8.09. The van der Waals surface area contributed by atoms with Crippen LogP contribution < -0.4 is 10.5 Å². The zero-order valence-electron chi connectivity index (χ0n) is 10.2. The van der Waals surface area contributed by atoms with Crippen molar-refractivity contribution in [3.63, 3.8) is 0 Å². The number of rotatable bonds is 2. The van der Waals surface area contributed by atoms with Gasteiger partial charge in [-0.15, -0.1) is 5.10 Å². The van der Waals surface area contributed by atoms with Gasteiger partial charge in [0.15, 0.2) is 5.82 Å². The van der Waals surface area contributed by atoms with Crippen molar-refractivity contribution < 1.29 is 0 Å². The predicted molar refractivity (Wildman–Crippen MR) is 68.9 cm³/mol. The highest BCUT2D eigenvalue weighted by Gasteiger charge is 2.08. The topological polar surface area (TPSA) is 38.1 Å². The number of aromatic nitrogens is 2. The van der Waals surface area contributed by atoms with Crippen molar-refractivity contribution in [3.8, 4) is 5.69 Å². The largest absolute Gasteiger partial charge is 0.361 e. The molecule has 1 aromatic heterocycles. The van der Waals surface area contributed by atoms with E-state index in [1.807, 2.05) is 56.3 Å². The number of benzene rings is 1. The van der Waals surface area contributed by atoms with Crippen molar-refractivity contribution >= 4 is 5.82 Å². The third-order valence-corrected chi connectivity index (χ3v) is 2.52. The quantitative estimate of drug-likeness (QED) is 0.785. The van der Waals surface area contributed by atoms with E-state index in [0.717, 1.165) is 17.1 Å². The Bertz CT molecular complexity index is 573. The lowest BCUT2D eigenvalue weighted by molar-refractivity contribution is 0.787. The van der Waals surface area contributed by atoms with Crippen LogP contribution in [0.1, 0.15) is 5.56 Å². The minimum absolute atomic E-state index is 0.112. The van der Waals surface area contributed by atoms with Gasteiger partial charge in [0.05, 0.1) is 5.69 Å². The number of hydrogen-bond donors (Lipinski definition) is 0. The van der Waals surface area contributed by atoms with Crippen molar-refractivity contribution in [1.82, 2.24) is 9.78 Å². The van der Waals surface area contributed by atoms with Gasteiger partial charge in [-0.25, -0.2) is 0 Å². The van der Waals surface area contributed by atoms with Crippen molar-refractivity contribution in [2.75, 3.05) is 19.0 Å². The molecule has 2 aromatic rings. The van der Waals surface area contributed by atoms with E-state index in [0.29, 0.717) is 0 Å². The summed E-state index contributed by atoms with van der Waals surface area (Å²) in [5.74, 6) is 0.799. The second-order valence-electron chi connectivity index (χ2n) is 4.13. The molecule has 0 unspecified atom stereocenters. The summed E-state index contributed by atoms with van der Waals surface area (Å²) in [5.41, 5.74) is 1.55. The monoisotopic (exact) mass is 229 g/mol. The molecular formula is C13H15N3O. The van der Waals surface area contributed by atoms with Gasteiger partial charge in [-0.1, -0.05) is 18.2 Å². The van der Waals surface area contributed by atoms with Crippen molar-refractivity contribution in [3.05, 3.63) is 52.3 Å². The minimum atomic E-state index is -0.112. The molecular weight excluding hydrogens is 214 g/mol. The van der Waals surface area contributed by atoms with E-state index < -0.39 is 0 Å². The Kier molecular flexibility index (Phi) is 2.95. The Hall–Kier alpha value is -2.10. The molecule has 0 saturated carbocycles. The average molecular weight is 229 g/mol. The zero-order chi connectivity index (χ0) is 12.4. The molecule has 4 nitrogen and oxygen atoms in total. The third-order valence-electron chi connectivity index (χ3n) is 2.52. The van der Waals surface area contributed by atoms with Crippen LogP contribution >= 0.6 is 0 Å². The van der Waals surface area contributed by atoms with Crippen LogP contribution in [-0.4, -0.2) is 23.9 Å². The molecule has 0 radical (unpaired) electrons. The first kappa shape index (κ1) is 11.4. The molecule has 0 aliphatic rings. The van der Waals surface area contributed by atoms with Crippen LogP contribution in [0.4, 0.5) is 5.82 Å². The summed E-state index contributed by atoms with van der Waals surface area (Å²) < 4.78 is 1.42. The van der Waals surface area contributed by atoms with E-state index in [4.69, 9.17) is 0 Å². The summed E-state index contributed by atoms with van der Waals surface area (Å²) in [5, 5.41) is 4.37. The van der Waals surface area contributed by atoms with Gasteiger partial charge in [0.25, 0.3) is 5.56 Å². The van der Waals surface area contributed by atoms with E-state index in [9.17, 15) is 4.79 Å². The molecule has 2 rings (SSSR count). The van der Waals surface area contributed by atoms with E-state index in [1.54, 1.807) is 6.07 Å². The highest BCUT2D eigenvalue weighted by Crippen LogP contribution is 2.12. The third kappa shape index (κ3) is 2.20. The SMILES string of the molecule is Cc1cc(=O)n(-c2ccccc2)nc1N(C)C. The molecule has 0 aliphatic heterocycles. The summed E-state index contributed by atoms with van der Waals surface area (Å²) in [6.07, 6.45) is 0. The van der Waals surface area contributed by atoms with Gasteiger partial charge in [0.1, 0.15) is 0 Å². The fourth-order valence-electron chi connectivity index (χ4n) is 1.73. The minimum Gasteiger partial charge on any atom is -0.361 e. The Balaban J connectivity index is 2.63. The van der Waals surface area contributed by atoms with Crippen LogP contribution in [0.2, 0.25) is 0 Å². The van der Waals surface area contributed by atoms with Gasteiger partial charge in [0.2, 0.25) is 0 Å². The maximum absolute atomic E-state index is 11.9. The van der Waals surface area contributed by atoms with Gasteiger partial charge in [-0.3, -0.25) is 4.79 Å². The number of nitrogens with zero attached hydrogens (tertiary/aromatic N) is 3. The molecule has 1 heterocycles. The summed E-state index contributed by atoms with van der Waals surface area (Å²) in [6.45, 7) is 1.89. The van der Waals surface area contributed by atoms with Crippen LogP contribution in [0, 0.1) is 6.92 Å². The van der Waals surface area contributed by atoms with Crippen LogP contribution in [-0.2, 0) is 0 Å². The second kappa shape index (κ2) is 4.41. The molecule has 0 atom stereocenters. The lowest BCUT2D eigenvalue weighted by atomic mass is 10.3. The van der Waals surface area contributed by atoms with Crippen LogP contribution in [0.15, 0.2) is 41.2 Å². The molecule has 0 fully saturated rings. The lowest BCUT2D eigenvalue weighted by Gasteiger charge is -2.15. The second-order valence-corrected chi connectivity index (χ2v) is 4.13. The molecule has 0 spiro atoms. The van der Waals surface area contributed by atoms with Crippen molar-refractivity contribution in [2.45, 2.75) is 6.92 Å². The Morgan fingerprint density at radius 2 is 1.82 bits per heavy atom. The lowest BCUT2D eigenvalue weighted by Crippen LogP contribution is -2.25. The van der Waals surface area contributed by atoms with Crippen molar-refractivity contribution in [2.24, 2.45) is 0 Å². The first-order valence-electron chi connectivity index (χ1n) is 5.43. The molecule has 0 amide bonds. The number of para-hydroxylation sites is 1. The van der Waals surface area contributed by atoms with Gasteiger partial charge >= 0.3 is 0 Å². The molecule has 1 aromatic carbocycles. The number of anilines is 1. The normalized spacial score (nSPS) is 10.3. The molecule has 0 saturated heterocycles. The molecule has 17 heavy (non-hydrogen) atoms. The van der Waals surface area contributed by atoms with Crippen LogP contribution in [0.3, 0.4) is 0 Å². The molecule has 0 N–H and O–H groups in total. The number of hydrogen-bond acceptors (Lipinski definition) is 3. The molecule has 88 valence electrons. The molecule has 0 aliphatic carbocycles. The zero-order valence-corrected chi connectivity index (χ0v) is 10.2. The molecule has 4 heteroatoms. The van der Waals surface area contributed by atoms with Gasteiger partial charge < -0.3 is 4.90 Å². The van der Waals surface area contributed by atoms with E-state index >= 15 is 0 Å². The van der Waals surface area contributed by atoms with E-state index in [2.05, 4.69) is 5.10 Å². The summed E-state index contributed by atoms with van der Waals surface area (Å²) in [6, 6.07) is 11.0. The standard InChI is InChI=1S/C13H15N3O/c1-10-9-12(17)16(14-13(10)15(2)3)11-7-5-4-6-8-11/h4-9H,1-3H3. The maximum atomic E-state index is 11.9. The Morgan fingerprint density at radius 1 is 1.18 bits per heavy atom. The average Bonchev–Trinajstić information content (AvgIpc) is 2.29. The first-order valence-corrected chi connectivity index (χ1v) is 5.43. The van der Waals surface area contributed by atoms with Gasteiger partial charge in [-0.2, -0.15) is 4.68 Å². The van der Waals surface area contributed by atoms with E-state index in [1.165, 1.54) is 4.68 Å². The van der Waals surface area contributed by atoms with Gasteiger partial charge in [-0.05, 0) is 24.6 Å². The predicted octanol–water partition coefficient (Wildman–Crippen LogP) is 1.61. The van der Waals surface area contributed by atoms with E-state index in [-0.39, 0.29) is 5.56 Å². The fraction of sp³-hybridized carbons (Fsp3) is 0.231. The smallest absolute Gasteiger partial charge is 0.271 e. The Labute approximate surface area is 100 Å². The Morgan fingerprint density at radius 3 is 2.41 bits per heavy atom. The summed E-state index contributed by atoms with van der Waals surface area (Å²) in [7, 11) is 3.82. The van der Waals surface area contributed by atoms with Crippen LogP contribution in [0.5, 0.6) is 0 Å². The summed E-state index contributed by atoms with van der Waals surface area (Å²) in [4.78, 5) is 13.8. The number of aryl methyl sites for hydroxylation is 1. The summed E-state index contributed by atoms with van der Waals surface area (Å²) >= 11 is 0. The highest BCUT2D eigenvalue weighted by molar-refractivity contribution is 5.44. The van der Waals surface area contributed by atoms with Crippen molar-refractivity contribution in [1.29, 1.82) is 0 Å². The van der Waals surface area contributed by atoms with Gasteiger partial charge in [0, 0.05) is 20.2 Å². The fourth-order valence-corrected chi connectivity index (χ4v) is 1.73. The van der Waals surface area contributed by atoms with Crippen LogP contribution in [0.25, 0.3) is 5.69 Å².